The third-order valence-corrected chi connectivity index (χ3v) is 2.22. The lowest BCUT2D eigenvalue weighted by Crippen LogP contribution is -2.26. The highest BCUT2D eigenvalue weighted by Crippen LogP contribution is 2.11. The molecular formula is C10H10N2O3. The van der Waals surface area contributed by atoms with Gasteiger partial charge in [0, 0.05) is 0 Å². The first-order chi connectivity index (χ1) is 7.13. The highest BCUT2D eigenvalue weighted by Gasteiger charge is 2.12. The smallest absolute Gasteiger partial charge is 0.333 e. The summed E-state index contributed by atoms with van der Waals surface area (Å²) in [5, 5.41) is 8.72. The van der Waals surface area contributed by atoms with Crippen LogP contribution in [0.1, 0.15) is 10.4 Å². The molecule has 15 heavy (non-hydrogen) atoms. The molecule has 0 bridgehead atoms. The molecule has 0 aliphatic rings. The molecule has 1 aromatic carbocycles. The molecule has 0 aliphatic heterocycles. The molecule has 5 heteroatoms. The first-order valence-electron chi connectivity index (χ1n) is 4.49. The lowest BCUT2D eigenvalue weighted by molar-refractivity contribution is 0.0820. The molecule has 0 saturated carbocycles. The molecule has 0 saturated heterocycles. The Kier molecular flexibility index (Phi) is 2.17. The Hall–Kier alpha value is -1.88. The number of nitrogens with zero attached hydrogens (tertiary/aromatic N) is 1. The van der Waals surface area contributed by atoms with Crippen molar-refractivity contribution in [2.24, 2.45) is 0 Å². The minimum absolute atomic E-state index is 0.490. The zero-order valence-corrected chi connectivity index (χ0v) is 8.15. The number of hydrogen-bond acceptors (Lipinski definition) is 3. The van der Waals surface area contributed by atoms with Crippen molar-refractivity contribution < 1.29 is 9.90 Å². The van der Waals surface area contributed by atoms with Crippen LogP contribution in [-0.2, 0) is 0 Å². The molecule has 0 fully saturated rings. The minimum atomic E-state index is -0.680. The zero-order chi connectivity index (χ0) is 11.0. The molecule has 0 radical (unpaired) electrons. The molecule has 0 atom stereocenters. The van der Waals surface area contributed by atoms with Gasteiger partial charge in [-0.15, -0.1) is 0 Å². The van der Waals surface area contributed by atoms with E-state index in [2.05, 4.69) is 4.98 Å². The molecule has 5 nitrogen and oxygen atoms in total. The fourth-order valence-electron chi connectivity index (χ4n) is 1.54. The molecule has 0 amide bonds. The summed E-state index contributed by atoms with van der Waals surface area (Å²) in [5.74, 6) is -0.630. The largest absolute Gasteiger partial charge is 0.387 e. The molecule has 0 unspecified atom stereocenters. The van der Waals surface area contributed by atoms with E-state index in [0.29, 0.717) is 11.0 Å². The summed E-state index contributed by atoms with van der Waals surface area (Å²) in [7, 11) is 0. The Morgan fingerprint density at radius 1 is 1.53 bits per heavy atom. The van der Waals surface area contributed by atoms with Crippen molar-refractivity contribution in [1.82, 2.24) is 9.55 Å². The number of aromatic nitrogens is 2. The molecule has 1 aromatic heterocycles. The number of aliphatic hydroxyl groups is 1. The van der Waals surface area contributed by atoms with Crippen LogP contribution in [0.3, 0.4) is 0 Å². The monoisotopic (exact) mass is 206 g/mol. The summed E-state index contributed by atoms with van der Waals surface area (Å²) in [4.78, 5) is 25.3. The van der Waals surface area contributed by atoms with Crippen LogP contribution in [-0.4, -0.2) is 27.2 Å². The van der Waals surface area contributed by atoms with Crippen LogP contribution in [0.4, 0.5) is 0 Å². The summed E-state index contributed by atoms with van der Waals surface area (Å²) < 4.78 is 0.939. The van der Waals surface area contributed by atoms with Gasteiger partial charge in [0.05, 0.1) is 11.0 Å². The second-order valence-electron chi connectivity index (χ2n) is 3.34. The van der Waals surface area contributed by atoms with E-state index in [1.54, 1.807) is 18.2 Å². The van der Waals surface area contributed by atoms with Crippen LogP contribution in [0.25, 0.3) is 11.0 Å². The lowest BCUT2D eigenvalue weighted by Gasteiger charge is -1.98. The van der Waals surface area contributed by atoms with Gasteiger partial charge in [-0.05, 0) is 24.6 Å². The normalized spacial score (nSPS) is 10.8. The van der Waals surface area contributed by atoms with Gasteiger partial charge in [0.25, 0.3) is 5.91 Å². The number of fused-ring (bicyclic) bond motifs is 1. The maximum Gasteiger partial charge on any atom is 0.333 e. The second kappa shape index (κ2) is 3.36. The molecule has 0 spiro atoms. The van der Waals surface area contributed by atoms with Crippen LogP contribution in [0, 0.1) is 6.92 Å². The van der Waals surface area contributed by atoms with Crippen LogP contribution in [0.5, 0.6) is 0 Å². The van der Waals surface area contributed by atoms with E-state index in [1.165, 1.54) is 0 Å². The SMILES string of the molecule is Cc1ccc2c(c1)[nH]c(=O)n2C(=O)CO. The Bertz CT molecular complexity index is 580. The third kappa shape index (κ3) is 1.46. The van der Waals surface area contributed by atoms with E-state index in [9.17, 15) is 9.59 Å². The standard InChI is InChI=1S/C10H10N2O3/c1-6-2-3-8-7(4-6)11-10(15)12(8)9(14)5-13/h2-4,13H,5H2,1H3,(H,11,15). The van der Waals surface area contributed by atoms with Gasteiger partial charge in [-0.25, -0.2) is 9.36 Å². The predicted octanol–water partition coefficient (Wildman–Crippen LogP) is 0.271. The number of hydrogen-bond donors (Lipinski definition) is 2. The zero-order valence-electron chi connectivity index (χ0n) is 8.15. The highest BCUT2D eigenvalue weighted by atomic mass is 16.3. The summed E-state index contributed by atoms with van der Waals surface area (Å²) in [6, 6.07) is 5.25. The van der Waals surface area contributed by atoms with Gasteiger partial charge >= 0.3 is 5.69 Å². The predicted molar refractivity (Wildman–Crippen MR) is 55.0 cm³/mol. The van der Waals surface area contributed by atoms with Gasteiger partial charge in [0.1, 0.15) is 6.61 Å². The second-order valence-corrected chi connectivity index (χ2v) is 3.34. The first-order valence-corrected chi connectivity index (χ1v) is 4.49. The Labute approximate surface area is 85.0 Å². The van der Waals surface area contributed by atoms with E-state index in [-0.39, 0.29) is 0 Å². The number of aliphatic hydroxyl groups excluding tert-OH is 1. The Morgan fingerprint density at radius 2 is 2.27 bits per heavy atom. The van der Waals surface area contributed by atoms with Crippen molar-refractivity contribution in [2.75, 3.05) is 6.61 Å². The van der Waals surface area contributed by atoms with Crippen LogP contribution in [0.15, 0.2) is 23.0 Å². The van der Waals surface area contributed by atoms with E-state index in [0.717, 1.165) is 10.1 Å². The average Bonchev–Trinajstić information content (AvgIpc) is 2.52. The maximum atomic E-state index is 11.4. The lowest BCUT2D eigenvalue weighted by atomic mass is 10.2. The van der Waals surface area contributed by atoms with Crippen molar-refractivity contribution in [3.8, 4) is 0 Å². The molecular weight excluding hydrogens is 196 g/mol. The number of carbonyl (C=O) groups excluding carboxylic acids is 1. The fraction of sp³-hybridized carbons (Fsp3) is 0.200. The topological polar surface area (TPSA) is 75.1 Å². The number of aryl methyl sites for hydroxylation is 1. The van der Waals surface area contributed by atoms with Crippen molar-refractivity contribution >= 4 is 16.9 Å². The van der Waals surface area contributed by atoms with Crippen LogP contribution in [0.2, 0.25) is 0 Å². The first kappa shape index (κ1) is 9.67. The van der Waals surface area contributed by atoms with Gasteiger partial charge < -0.3 is 10.1 Å². The van der Waals surface area contributed by atoms with Gasteiger partial charge in [-0.1, -0.05) is 6.07 Å². The van der Waals surface area contributed by atoms with Crippen molar-refractivity contribution in [1.29, 1.82) is 0 Å². The molecule has 1 heterocycles. The van der Waals surface area contributed by atoms with Gasteiger partial charge in [-0.2, -0.15) is 0 Å². The van der Waals surface area contributed by atoms with Crippen LogP contribution < -0.4 is 5.69 Å². The summed E-state index contributed by atoms with van der Waals surface area (Å²) in [5.41, 5.74) is 1.56. The van der Waals surface area contributed by atoms with Crippen molar-refractivity contribution in [3.05, 3.63) is 34.2 Å². The highest BCUT2D eigenvalue weighted by molar-refractivity contribution is 5.90. The molecule has 78 valence electrons. The van der Waals surface area contributed by atoms with E-state index in [4.69, 9.17) is 5.11 Å². The average molecular weight is 206 g/mol. The van der Waals surface area contributed by atoms with Gasteiger partial charge in [0.15, 0.2) is 0 Å². The number of benzene rings is 1. The van der Waals surface area contributed by atoms with Gasteiger partial charge in [0.2, 0.25) is 0 Å². The number of nitrogens with one attached hydrogen (secondary N) is 1. The molecule has 2 aromatic rings. The summed E-state index contributed by atoms with van der Waals surface area (Å²) >= 11 is 0. The number of aromatic amines is 1. The maximum absolute atomic E-state index is 11.4. The Balaban J connectivity index is 2.80. The van der Waals surface area contributed by atoms with E-state index < -0.39 is 18.2 Å². The molecule has 2 rings (SSSR count). The fourth-order valence-corrected chi connectivity index (χ4v) is 1.54. The van der Waals surface area contributed by atoms with Crippen molar-refractivity contribution in [2.45, 2.75) is 6.92 Å². The number of imidazole rings is 1. The van der Waals surface area contributed by atoms with Crippen LogP contribution >= 0.6 is 0 Å². The Morgan fingerprint density at radius 3 is 2.93 bits per heavy atom. The minimum Gasteiger partial charge on any atom is -0.387 e. The third-order valence-electron chi connectivity index (χ3n) is 2.22. The summed E-state index contributed by atoms with van der Waals surface area (Å²) in [6.45, 7) is 1.21. The van der Waals surface area contributed by atoms with E-state index >= 15 is 0 Å². The quantitative estimate of drug-likeness (QED) is 0.703. The number of carbonyl (C=O) groups is 1. The summed E-state index contributed by atoms with van der Waals surface area (Å²) in [6.07, 6.45) is 0. The molecule has 2 N–H and O–H groups in total. The molecule has 0 aliphatic carbocycles. The van der Waals surface area contributed by atoms with Crippen molar-refractivity contribution in [3.63, 3.8) is 0 Å². The number of H-pyrrole nitrogens is 1. The number of rotatable bonds is 1. The van der Waals surface area contributed by atoms with E-state index in [1.807, 2.05) is 6.92 Å². The van der Waals surface area contributed by atoms with Gasteiger partial charge in [-0.3, -0.25) is 4.79 Å².